The summed E-state index contributed by atoms with van der Waals surface area (Å²) in [5.41, 5.74) is 4.12. The van der Waals surface area contributed by atoms with E-state index < -0.39 is 15.1 Å². The lowest BCUT2D eigenvalue weighted by Crippen LogP contribution is -2.20. The summed E-state index contributed by atoms with van der Waals surface area (Å²) in [5.74, 6) is 1.47. The molecule has 1 heterocycles. The van der Waals surface area contributed by atoms with E-state index in [4.69, 9.17) is 14.2 Å². The maximum absolute atomic E-state index is 13.7. The van der Waals surface area contributed by atoms with Crippen molar-refractivity contribution in [2.24, 2.45) is 0 Å². The van der Waals surface area contributed by atoms with Crippen LogP contribution in [0.3, 0.4) is 0 Å². The number of sulfone groups is 1. The summed E-state index contributed by atoms with van der Waals surface area (Å²) in [5, 5.41) is -0.635. The van der Waals surface area contributed by atoms with Crippen LogP contribution in [0.5, 0.6) is 11.5 Å². The van der Waals surface area contributed by atoms with Crippen molar-refractivity contribution in [1.29, 1.82) is 0 Å². The number of rotatable bonds is 12. The number of epoxide rings is 1. The summed E-state index contributed by atoms with van der Waals surface area (Å²) in [4.78, 5) is 0.360. The first-order valence-electron chi connectivity index (χ1n) is 12.5. The number of ether oxygens (including phenoxy) is 3. The van der Waals surface area contributed by atoms with Crippen molar-refractivity contribution in [1.82, 2.24) is 0 Å². The fraction of sp³-hybridized carbons (Fsp3) is 0.467. The average molecular weight is 513 g/mol. The highest BCUT2D eigenvalue weighted by molar-refractivity contribution is 7.92. The Labute approximate surface area is 217 Å². The summed E-state index contributed by atoms with van der Waals surface area (Å²) in [6.07, 6.45) is 7.09. The van der Waals surface area contributed by atoms with Crippen LogP contribution in [0.1, 0.15) is 58.1 Å². The lowest BCUT2D eigenvalue weighted by atomic mass is 10.0. The first-order valence-corrected chi connectivity index (χ1v) is 14.0. The van der Waals surface area contributed by atoms with Crippen molar-refractivity contribution in [2.45, 2.75) is 82.2 Å². The van der Waals surface area contributed by atoms with E-state index in [9.17, 15) is 8.42 Å². The van der Waals surface area contributed by atoms with Gasteiger partial charge in [-0.05, 0) is 90.1 Å². The smallest absolute Gasteiger partial charge is 0.185 e. The molecule has 2 aromatic rings. The van der Waals surface area contributed by atoms with Crippen molar-refractivity contribution in [3.8, 4) is 11.5 Å². The molecule has 0 N–H and O–H groups in total. The molecule has 0 aliphatic carbocycles. The van der Waals surface area contributed by atoms with Gasteiger partial charge in [-0.3, -0.25) is 0 Å². The summed E-state index contributed by atoms with van der Waals surface area (Å²) in [6.45, 7) is 10.2. The highest BCUT2D eigenvalue weighted by atomic mass is 32.2. The molecule has 2 atom stereocenters. The largest absolute Gasteiger partial charge is 0.497 e. The summed E-state index contributed by atoms with van der Waals surface area (Å²) < 4.78 is 43.8. The molecule has 0 aromatic heterocycles. The van der Waals surface area contributed by atoms with Crippen LogP contribution in [0, 0.1) is 6.92 Å². The van der Waals surface area contributed by atoms with E-state index in [2.05, 4.69) is 19.9 Å². The predicted octanol–water partition coefficient (Wildman–Crippen LogP) is 6.64. The van der Waals surface area contributed by atoms with Gasteiger partial charge in [-0.15, -0.1) is 0 Å². The molecule has 0 radical (unpaired) electrons. The molecule has 3 rings (SSSR count). The third-order valence-corrected chi connectivity index (χ3v) is 8.83. The second-order valence-electron chi connectivity index (χ2n) is 10.3. The molecule has 1 aliphatic rings. The van der Waals surface area contributed by atoms with E-state index >= 15 is 0 Å². The first-order chi connectivity index (χ1) is 16.9. The molecular formula is C30H40O5S. The third-order valence-electron chi connectivity index (χ3n) is 6.80. The Morgan fingerprint density at radius 3 is 2.14 bits per heavy atom. The lowest BCUT2D eigenvalue weighted by Gasteiger charge is -2.17. The summed E-state index contributed by atoms with van der Waals surface area (Å²) in [6, 6.07) is 12.9. The van der Waals surface area contributed by atoms with Gasteiger partial charge in [-0.25, -0.2) is 8.42 Å². The highest BCUT2D eigenvalue weighted by Gasteiger charge is 2.46. The van der Waals surface area contributed by atoms with Crippen molar-refractivity contribution in [3.05, 3.63) is 76.9 Å². The van der Waals surface area contributed by atoms with Gasteiger partial charge < -0.3 is 14.2 Å². The van der Waals surface area contributed by atoms with Crippen LogP contribution in [0.25, 0.3) is 0 Å². The number of hydrogen-bond donors (Lipinski definition) is 0. The van der Waals surface area contributed by atoms with E-state index in [-0.39, 0.29) is 11.7 Å². The van der Waals surface area contributed by atoms with E-state index in [1.807, 2.05) is 57.2 Å². The number of benzene rings is 2. The predicted molar refractivity (Wildman–Crippen MR) is 146 cm³/mol. The van der Waals surface area contributed by atoms with Crippen molar-refractivity contribution in [3.63, 3.8) is 0 Å². The van der Waals surface area contributed by atoms with Gasteiger partial charge in [-0.1, -0.05) is 41.0 Å². The molecule has 36 heavy (non-hydrogen) atoms. The zero-order valence-corrected chi connectivity index (χ0v) is 23.4. The van der Waals surface area contributed by atoms with E-state index in [1.54, 1.807) is 26.4 Å². The number of aryl methyl sites for hydroxylation is 1. The van der Waals surface area contributed by atoms with E-state index in [0.717, 1.165) is 46.6 Å². The minimum atomic E-state index is -3.55. The van der Waals surface area contributed by atoms with Crippen LogP contribution >= 0.6 is 0 Å². The van der Waals surface area contributed by atoms with Gasteiger partial charge in [0.2, 0.25) is 0 Å². The van der Waals surface area contributed by atoms with Crippen LogP contribution in [-0.2, 0) is 21.0 Å². The molecule has 0 saturated carbocycles. The van der Waals surface area contributed by atoms with Crippen LogP contribution in [0.15, 0.2) is 70.7 Å². The Morgan fingerprint density at radius 2 is 1.61 bits per heavy atom. The van der Waals surface area contributed by atoms with Crippen LogP contribution in [0.2, 0.25) is 0 Å². The molecule has 5 nitrogen and oxygen atoms in total. The molecule has 1 aliphatic heterocycles. The molecule has 1 saturated heterocycles. The molecule has 0 amide bonds. The van der Waals surface area contributed by atoms with Crippen molar-refractivity contribution in [2.75, 3.05) is 14.2 Å². The van der Waals surface area contributed by atoms with E-state index in [1.165, 1.54) is 0 Å². The standard InChI is InChI=1S/C30H40O5S/c1-21-9-13-27(14-10-21)36(31,32)28(17-23(3)11-15-29-30(4,5)35-29)16-22(2)8-12-24-18-25(33-6)20-26(19-24)34-7/h8-10,13-14,17-20,28-29H,11-12,15-16H2,1-7H3/b22-8+,23-17+/t28?,29-/m0/s1. The molecule has 0 bridgehead atoms. The summed E-state index contributed by atoms with van der Waals surface area (Å²) in [7, 11) is -0.286. The van der Waals surface area contributed by atoms with Gasteiger partial charge in [0.1, 0.15) is 11.5 Å². The molecule has 196 valence electrons. The highest BCUT2D eigenvalue weighted by Crippen LogP contribution is 2.39. The topological polar surface area (TPSA) is 65.1 Å². The Morgan fingerprint density at radius 1 is 1.03 bits per heavy atom. The lowest BCUT2D eigenvalue weighted by molar-refractivity contribution is 0.320. The van der Waals surface area contributed by atoms with Crippen LogP contribution < -0.4 is 9.47 Å². The molecular weight excluding hydrogens is 472 g/mol. The normalized spacial score (nSPS) is 18.6. The maximum atomic E-state index is 13.7. The number of methoxy groups -OCH3 is 2. The summed E-state index contributed by atoms with van der Waals surface area (Å²) >= 11 is 0. The Kier molecular flexibility index (Phi) is 9.07. The monoisotopic (exact) mass is 512 g/mol. The fourth-order valence-corrected chi connectivity index (χ4v) is 6.10. The first kappa shape index (κ1) is 28.0. The second kappa shape index (κ2) is 11.7. The maximum Gasteiger partial charge on any atom is 0.185 e. The van der Waals surface area contributed by atoms with Gasteiger partial charge >= 0.3 is 0 Å². The molecule has 0 spiro atoms. The third kappa shape index (κ3) is 7.47. The van der Waals surface area contributed by atoms with Crippen molar-refractivity contribution >= 4 is 9.84 Å². The van der Waals surface area contributed by atoms with Gasteiger partial charge in [0.25, 0.3) is 0 Å². The molecule has 2 aromatic carbocycles. The fourth-order valence-electron chi connectivity index (χ4n) is 4.34. The molecule has 1 fully saturated rings. The van der Waals surface area contributed by atoms with Gasteiger partial charge in [-0.2, -0.15) is 0 Å². The van der Waals surface area contributed by atoms with Crippen LogP contribution in [-0.4, -0.2) is 39.6 Å². The minimum absolute atomic E-state index is 0.0597. The minimum Gasteiger partial charge on any atom is -0.497 e. The van der Waals surface area contributed by atoms with Crippen molar-refractivity contribution < 1.29 is 22.6 Å². The molecule has 1 unspecified atom stereocenters. The SMILES string of the molecule is COc1cc(C/C=C(\C)CC(/C=C(\C)CC[C@@H]2OC2(C)C)S(=O)(=O)c2ccc(C)cc2)cc(OC)c1. The Balaban J connectivity index is 1.82. The Bertz CT molecular complexity index is 1180. The Hall–Kier alpha value is -2.57. The van der Waals surface area contributed by atoms with E-state index in [0.29, 0.717) is 17.7 Å². The molecule has 6 heteroatoms. The number of allylic oxidation sites excluding steroid dienone is 3. The average Bonchev–Trinajstić information content (AvgIpc) is 3.47. The zero-order chi connectivity index (χ0) is 26.5. The number of hydrogen-bond acceptors (Lipinski definition) is 5. The van der Waals surface area contributed by atoms with Crippen LogP contribution in [0.4, 0.5) is 0 Å². The van der Waals surface area contributed by atoms with Gasteiger partial charge in [0, 0.05) is 6.07 Å². The quantitative estimate of drug-likeness (QED) is 0.236. The zero-order valence-electron chi connectivity index (χ0n) is 22.6. The van der Waals surface area contributed by atoms with Gasteiger partial charge in [0.15, 0.2) is 9.84 Å². The second-order valence-corrected chi connectivity index (χ2v) is 12.5. The van der Waals surface area contributed by atoms with Gasteiger partial charge in [0.05, 0.1) is 36.1 Å².